The summed E-state index contributed by atoms with van der Waals surface area (Å²) in [5, 5.41) is 1.25. The Morgan fingerprint density at radius 2 is 1.74 bits per heavy atom. The number of benzene rings is 2. The minimum absolute atomic E-state index is 0.190. The van der Waals surface area contributed by atoms with Crippen molar-refractivity contribution in [3.05, 3.63) is 71.1 Å². The summed E-state index contributed by atoms with van der Waals surface area (Å²) >= 11 is 1.74. The Balaban J connectivity index is 1.67. The molecule has 0 aliphatic carbocycles. The highest BCUT2D eigenvalue weighted by atomic mass is 32.2. The Bertz CT molecular complexity index is 856. The van der Waals surface area contributed by atoms with Gasteiger partial charge in [0, 0.05) is 34.8 Å². The predicted molar refractivity (Wildman–Crippen MR) is 112 cm³/mol. The van der Waals surface area contributed by atoms with E-state index < -0.39 is 10.0 Å². The smallest absolute Gasteiger partial charge is 0.233 e. The Labute approximate surface area is 166 Å². The molecule has 144 valence electrons. The van der Waals surface area contributed by atoms with Crippen molar-refractivity contribution in [2.24, 2.45) is 0 Å². The van der Waals surface area contributed by atoms with Gasteiger partial charge in [-0.3, -0.25) is 0 Å². The SMILES string of the molecule is Cc1ccc(C=CS(=O)(=O)NCC2(Sc3ccccc3)CCOCC2)cc1. The highest BCUT2D eigenvalue weighted by Gasteiger charge is 2.34. The third-order valence-electron chi connectivity index (χ3n) is 4.59. The van der Waals surface area contributed by atoms with Crippen LogP contribution in [-0.4, -0.2) is 32.9 Å². The number of thioether (sulfide) groups is 1. The van der Waals surface area contributed by atoms with E-state index in [1.807, 2.05) is 49.4 Å². The molecule has 1 N–H and O–H groups in total. The van der Waals surface area contributed by atoms with Gasteiger partial charge in [-0.2, -0.15) is 0 Å². The molecule has 0 saturated carbocycles. The zero-order valence-corrected chi connectivity index (χ0v) is 17.1. The van der Waals surface area contributed by atoms with E-state index in [9.17, 15) is 8.42 Å². The molecule has 0 atom stereocenters. The largest absolute Gasteiger partial charge is 0.381 e. The van der Waals surface area contributed by atoms with Gasteiger partial charge in [-0.1, -0.05) is 48.0 Å². The van der Waals surface area contributed by atoms with E-state index in [0.29, 0.717) is 19.8 Å². The van der Waals surface area contributed by atoms with E-state index >= 15 is 0 Å². The van der Waals surface area contributed by atoms with Crippen molar-refractivity contribution in [2.45, 2.75) is 29.4 Å². The van der Waals surface area contributed by atoms with E-state index in [1.165, 1.54) is 5.41 Å². The summed E-state index contributed by atoms with van der Waals surface area (Å²) < 4.78 is 33.0. The first-order valence-corrected chi connectivity index (χ1v) is 11.4. The Morgan fingerprint density at radius 3 is 2.41 bits per heavy atom. The number of hydrogen-bond acceptors (Lipinski definition) is 4. The number of sulfonamides is 1. The molecule has 0 bridgehead atoms. The van der Waals surface area contributed by atoms with Gasteiger partial charge in [-0.15, -0.1) is 11.8 Å². The summed E-state index contributed by atoms with van der Waals surface area (Å²) in [5.74, 6) is 0. The summed E-state index contributed by atoms with van der Waals surface area (Å²) in [5.41, 5.74) is 2.01. The molecule has 0 amide bonds. The van der Waals surface area contributed by atoms with Crippen LogP contribution in [0.3, 0.4) is 0 Å². The molecule has 1 saturated heterocycles. The number of hydrogen-bond donors (Lipinski definition) is 1. The van der Waals surface area contributed by atoms with Gasteiger partial charge < -0.3 is 4.74 Å². The Kier molecular flexibility index (Phi) is 6.76. The monoisotopic (exact) mass is 403 g/mol. The summed E-state index contributed by atoms with van der Waals surface area (Å²) in [6.07, 6.45) is 3.26. The van der Waals surface area contributed by atoms with Crippen molar-refractivity contribution in [1.82, 2.24) is 4.72 Å². The van der Waals surface area contributed by atoms with Gasteiger partial charge in [0.25, 0.3) is 0 Å². The van der Waals surface area contributed by atoms with Gasteiger partial charge in [0.1, 0.15) is 0 Å². The van der Waals surface area contributed by atoms with Crippen LogP contribution in [0.4, 0.5) is 0 Å². The van der Waals surface area contributed by atoms with Crippen LogP contribution in [0, 0.1) is 6.92 Å². The minimum atomic E-state index is -3.50. The topological polar surface area (TPSA) is 55.4 Å². The third-order valence-corrected chi connectivity index (χ3v) is 7.13. The van der Waals surface area contributed by atoms with Crippen LogP contribution in [0.15, 0.2) is 64.9 Å². The Hall–Kier alpha value is -1.60. The molecule has 1 fully saturated rings. The van der Waals surface area contributed by atoms with Crippen molar-refractivity contribution in [2.75, 3.05) is 19.8 Å². The molecule has 0 unspecified atom stereocenters. The van der Waals surface area contributed by atoms with Gasteiger partial charge in [0.05, 0.1) is 0 Å². The first kappa shape index (κ1) is 20.1. The molecule has 6 heteroatoms. The fourth-order valence-electron chi connectivity index (χ4n) is 2.92. The fraction of sp³-hybridized carbons (Fsp3) is 0.333. The number of nitrogens with one attached hydrogen (secondary N) is 1. The van der Waals surface area contributed by atoms with E-state index in [-0.39, 0.29) is 4.75 Å². The fourth-order valence-corrected chi connectivity index (χ4v) is 5.23. The number of ether oxygens (including phenoxy) is 1. The van der Waals surface area contributed by atoms with Crippen molar-refractivity contribution in [3.63, 3.8) is 0 Å². The maximum absolute atomic E-state index is 12.5. The molecular weight excluding hydrogens is 378 g/mol. The molecule has 1 heterocycles. The second kappa shape index (κ2) is 9.06. The quantitative estimate of drug-likeness (QED) is 0.752. The normalized spacial score (nSPS) is 17.2. The number of rotatable bonds is 7. The van der Waals surface area contributed by atoms with E-state index in [1.54, 1.807) is 17.8 Å². The summed E-state index contributed by atoms with van der Waals surface area (Å²) in [7, 11) is -3.50. The van der Waals surface area contributed by atoms with Crippen LogP contribution >= 0.6 is 11.8 Å². The lowest BCUT2D eigenvalue weighted by Gasteiger charge is -2.36. The molecule has 0 aromatic heterocycles. The van der Waals surface area contributed by atoms with Crippen LogP contribution in [0.25, 0.3) is 6.08 Å². The van der Waals surface area contributed by atoms with Crippen molar-refractivity contribution in [1.29, 1.82) is 0 Å². The highest BCUT2D eigenvalue weighted by molar-refractivity contribution is 8.00. The zero-order valence-electron chi connectivity index (χ0n) is 15.4. The molecule has 2 aromatic rings. The van der Waals surface area contributed by atoms with Crippen molar-refractivity contribution < 1.29 is 13.2 Å². The molecule has 4 nitrogen and oxygen atoms in total. The van der Waals surface area contributed by atoms with Gasteiger partial charge in [-0.25, -0.2) is 13.1 Å². The van der Waals surface area contributed by atoms with Gasteiger partial charge >= 0.3 is 0 Å². The van der Waals surface area contributed by atoms with E-state index in [0.717, 1.165) is 28.9 Å². The standard InChI is InChI=1S/C21H25NO3S2/c1-18-7-9-19(10-8-18)11-16-27(23,24)22-17-21(12-14-25-15-13-21)26-20-5-3-2-4-6-20/h2-11,16,22H,12-15,17H2,1H3. The summed E-state index contributed by atoms with van der Waals surface area (Å²) in [6, 6.07) is 17.9. The lowest BCUT2D eigenvalue weighted by Crippen LogP contribution is -2.43. The van der Waals surface area contributed by atoms with E-state index in [2.05, 4.69) is 16.9 Å². The van der Waals surface area contributed by atoms with Gasteiger partial charge in [0.2, 0.25) is 10.0 Å². The van der Waals surface area contributed by atoms with Crippen LogP contribution in [-0.2, 0) is 14.8 Å². The molecule has 1 aliphatic rings. The molecule has 1 aliphatic heterocycles. The first-order valence-electron chi connectivity index (χ1n) is 9.03. The Morgan fingerprint density at radius 1 is 1.07 bits per heavy atom. The first-order chi connectivity index (χ1) is 13.0. The molecule has 27 heavy (non-hydrogen) atoms. The maximum Gasteiger partial charge on any atom is 0.233 e. The minimum Gasteiger partial charge on any atom is -0.381 e. The van der Waals surface area contributed by atoms with E-state index in [4.69, 9.17) is 4.74 Å². The molecule has 3 rings (SSSR count). The average molecular weight is 404 g/mol. The van der Waals surface area contributed by atoms with Crippen molar-refractivity contribution in [3.8, 4) is 0 Å². The lowest BCUT2D eigenvalue weighted by atomic mass is 9.99. The lowest BCUT2D eigenvalue weighted by molar-refractivity contribution is 0.0784. The number of aryl methyl sites for hydroxylation is 1. The average Bonchev–Trinajstić information content (AvgIpc) is 2.68. The summed E-state index contributed by atoms with van der Waals surface area (Å²) in [4.78, 5) is 1.15. The van der Waals surface area contributed by atoms with Crippen LogP contribution in [0.5, 0.6) is 0 Å². The maximum atomic E-state index is 12.5. The van der Waals surface area contributed by atoms with Crippen LogP contribution in [0.2, 0.25) is 0 Å². The molecule has 0 spiro atoms. The van der Waals surface area contributed by atoms with Crippen molar-refractivity contribution >= 4 is 27.9 Å². The molecular formula is C21H25NO3S2. The second-order valence-corrected chi connectivity index (χ2v) is 9.98. The van der Waals surface area contributed by atoms with Crippen LogP contribution < -0.4 is 4.72 Å². The van der Waals surface area contributed by atoms with Gasteiger partial charge in [0.15, 0.2) is 0 Å². The molecule has 0 radical (unpaired) electrons. The van der Waals surface area contributed by atoms with Crippen LogP contribution in [0.1, 0.15) is 24.0 Å². The second-order valence-electron chi connectivity index (χ2n) is 6.79. The van der Waals surface area contributed by atoms with Gasteiger partial charge in [-0.05, 0) is 43.5 Å². The summed E-state index contributed by atoms with van der Waals surface area (Å²) in [6.45, 7) is 3.70. The molecule has 2 aromatic carbocycles. The third kappa shape index (κ3) is 6.21. The highest BCUT2D eigenvalue weighted by Crippen LogP contribution is 2.40. The zero-order chi connectivity index (χ0) is 19.2. The predicted octanol–water partition coefficient (Wildman–Crippen LogP) is 4.23.